The summed E-state index contributed by atoms with van der Waals surface area (Å²) in [6.45, 7) is 1.56. The van der Waals surface area contributed by atoms with Gasteiger partial charge in [0.15, 0.2) is 5.78 Å². The summed E-state index contributed by atoms with van der Waals surface area (Å²) < 4.78 is 1.96. The number of carboxylic acid groups (broad SMARTS) is 1. The lowest BCUT2D eigenvalue weighted by Gasteiger charge is -1.89. The molecule has 0 unspecified atom stereocenters. The molecule has 0 fully saturated rings. The SMILES string of the molecule is CC(=O)c1cc2cc(Br)ccc2[nH]1.O=C(O)c1cc2cc(Br)ccc2[nH]1. The van der Waals surface area contributed by atoms with Gasteiger partial charge in [-0.25, -0.2) is 4.79 Å². The molecule has 26 heavy (non-hydrogen) atoms. The third kappa shape index (κ3) is 4.05. The monoisotopic (exact) mass is 476 g/mol. The van der Waals surface area contributed by atoms with Crippen LogP contribution >= 0.6 is 31.9 Å². The van der Waals surface area contributed by atoms with Crippen LogP contribution < -0.4 is 0 Å². The number of hydrogen-bond donors (Lipinski definition) is 3. The van der Waals surface area contributed by atoms with Crippen molar-refractivity contribution < 1.29 is 14.7 Å². The fourth-order valence-electron chi connectivity index (χ4n) is 2.51. The number of carboxylic acids is 1. The predicted molar refractivity (Wildman–Crippen MR) is 109 cm³/mol. The molecule has 0 atom stereocenters. The fourth-order valence-corrected chi connectivity index (χ4v) is 3.27. The molecule has 0 aliphatic rings. The fraction of sp³-hybridized carbons (Fsp3) is 0.0526. The summed E-state index contributed by atoms with van der Waals surface area (Å²) in [5.74, 6) is -0.875. The zero-order chi connectivity index (χ0) is 18.8. The van der Waals surface area contributed by atoms with E-state index in [1.165, 1.54) is 0 Å². The average molecular weight is 478 g/mol. The molecule has 0 amide bonds. The molecule has 0 saturated carbocycles. The maximum absolute atomic E-state index is 11.1. The Labute approximate surface area is 165 Å². The van der Waals surface area contributed by atoms with E-state index in [2.05, 4.69) is 41.8 Å². The van der Waals surface area contributed by atoms with Crippen LogP contribution in [0.15, 0.2) is 57.5 Å². The molecule has 2 aromatic heterocycles. The zero-order valence-electron chi connectivity index (χ0n) is 13.6. The summed E-state index contributed by atoms with van der Waals surface area (Å²) in [5.41, 5.74) is 2.70. The molecule has 5 nitrogen and oxygen atoms in total. The number of rotatable bonds is 2. The van der Waals surface area contributed by atoms with Gasteiger partial charge in [0.2, 0.25) is 0 Å². The van der Waals surface area contributed by atoms with Gasteiger partial charge in [0.1, 0.15) is 5.69 Å². The number of fused-ring (bicyclic) bond motifs is 2. The molecule has 4 rings (SSSR count). The molecule has 0 bridgehead atoms. The lowest BCUT2D eigenvalue weighted by atomic mass is 10.2. The molecule has 3 N–H and O–H groups in total. The Morgan fingerprint density at radius 2 is 1.27 bits per heavy atom. The highest BCUT2D eigenvalue weighted by molar-refractivity contribution is 9.10. The first-order valence-electron chi connectivity index (χ1n) is 7.64. The lowest BCUT2D eigenvalue weighted by Crippen LogP contribution is -1.94. The third-order valence-corrected chi connectivity index (χ3v) is 4.76. The van der Waals surface area contributed by atoms with E-state index < -0.39 is 5.97 Å². The minimum atomic E-state index is -0.938. The van der Waals surface area contributed by atoms with E-state index in [-0.39, 0.29) is 11.5 Å². The molecule has 7 heteroatoms. The van der Waals surface area contributed by atoms with Crippen LogP contribution in [-0.4, -0.2) is 26.8 Å². The summed E-state index contributed by atoms with van der Waals surface area (Å²) >= 11 is 6.70. The topological polar surface area (TPSA) is 85.9 Å². The van der Waals surface area contributed by atoms with Gasteiger partial charge in [0, 0.05) is 37.7 Å². The lowest BCUT2D eigenvalue weighted by molar-refractivity contribution is 0.0691. The Bertz CT molecular complexity index is 1040. The first-order valence-corrected chi connectivity index (χ1v) is 9.23. The van der Waals surface area contributed by atoms with Crippen molar-refractivity contribution in [3.05, 3.63) is 68.9 Å². The van der Waals surface area contributed by atoms with Crippen molar-refractivity contribution in [2.45, 2.75) is 6.92 Å². The maximum Gasteiger partial charge on any atom is 0.352 e. The van der Waals surface area contributed by atoms with Crippen molar-refractivity contribution >= 4 is 65.4 Å². The molecular weight excluding hydrogens is 464 g/mol. The second kappa shape index (κ2) is 7.47. The quantitative estimate of drug-likeness (QED) is 0.320. The minimum absolute atomic E-state index is 0.0623. The van der Waals surface area contributed by atoms with Crippen molar-refractivity contribution in [1.29, 1.82) is 0 Å². The van der Waals surface area contributed by atoms with Gasteiger partial charge in [-0.1, -0.05) is 31.9 Å². The van der Waals surface area contributed by atoms with Crippen LogP contribution in [0.5, 0.6) is 0 Å². The molecule has 0 aliphatic heterocycles. The number of aromatic carboxylic acids is 1. The summed E-state index contributed by atoms with van der Waals surface area (Å²) in [7, 11) is 0. The Balaban J connectivity index is 0.000000151. The predicted octanol–water partition coefficient (Wildman–Crippen LogP) is 5.76. The summed E-state index contributed by atoms with van der Waals surface area (Å²) in [6, 6.07) is 14.9. The van der Waals surface area contributed by atoms with E-state index >= 15 is 0 Å². The van der Waals surface area contributed by atoms with Gasteiger partial charge >= 0.3 is 5.97 Å². The number of H-pyrrole nitrogens is 2. The van der Waals surface area contributed by atoms with Crippen LogP contribution in [0.4, 0.5) is 0 Å². The highest BCUT2D eigenvalue weighted by atomic mass is 79.9. The van der Waals surface area contributed by atoms with Crippen LogP contribution in [0.3, 0.4) is 0 Å². The van der Waals surface area contributed by atoms with Gasteiger partial charge in [-0.05, 0) is 48.5 Å². The molecule has 0 saturated heterocycles. The average Bonchev–Trinajstić information content (AvgIpc) is 3.18. The molecule has 4 aromatic rings. The molecule has 0 spiro atoms. The molecular formula is C19H14Br2N2O3. The van der Waals surface area contributed by atoms with E-state index in [1.807, 2.05) is 42.5 Å². The third-order valence-electron chi connectivity index (χ3n) is 3.78. The van der Waals surface area contributed by atoms with Crippen molar-refractivity contribution in [3.63, 3.8) is 0 Å². The second-order valence-electron chi connectivity index (χ2n) is 5.69. The maximum atomic E-state index is 11.1. The normalized spacial score (nSPS) is 10.6. The number of nitrogens with one attached hydrogen (secondary N) is 2. The summed E-state index contributed by atoms with van der Waals surface area (Å²) in [5, 5.41) is 10.7. The van der Waals surface area contributed by atoms with Gasteiger partial charge in [-0.3, -0.25) is 4.79 Å². The largest absolute Gasteiger partial charge is 0.477 e. The van der Waals surface area contributed by atoms with Gasteiger partial charge in [-0.15, -0.1) is 0 Å². The van der Waals surface area contributed by atoms with Crippen molar-refractivity contribution in [1.82, 2.24) is 9.97 Å². The molecule has 2 heterocycles. The number of carbonyl (C=O) groups is 2. The molecule has 2 aromatic carbocycles. The number of hydrogen-bond acceptors (Lipinski definition) is 2. The van der Waals surface area contributed by atoms with Crippen LogP contribution in [-0.2, 0) is 0 Å². The second-order valence-corrected chi connectivity index (χ2v) is 7.52. The number of Topliss-reactive ketones (excluding diaryl/α,β-unsaturated/α-hetero) is 1. The van der Waals surface area contributed by atoms with E-state index in [4.69, 9.17) is 5.11 Å². The number of aromatic amines is 2. The summed E-state index contributed by atoms with van der Waals surface area (Å²) in [4.78, 5) is 27.5. The van der Waals surface area contributed by atoms with E-state index in [1.54, 1.807) is 13.0 Å². The summed E-state index contributed by atoms with van der Waals surface area (Å²) in [6.07, 6.45) is 0. The molecule has 132 valence electrons. The number of ketones is 1. The Morgan fingerprint density at radius 1 is 0.808 bits per heavy atom. The Kier molecular flexibility index (Phi) is 5.29. The van der Waals surface area contributed by atoms with Crippen molar-refractivity contribution in [2.24, 2.45) is 0 Å². The number of aromatic nitrogens is 2. The van der Waals surface area contributed by atoms with Gasteiger partial charge in [0.05, 0.1) is 5.69 Å². The Morgan fingerprint density at radius 3 is 1.73 bits per heavy atom. The standard InChI is InChI=1S/C10H8BrNO.C9H6BrNO2/c1-6(13)10-5-7-4-8(11)2-3-9(7)12-10;10-6-1-2-7-5(3-6)4-8(11-7)9(12)13/h2-5,12H,1H3;1-4,11H,(H,12,13). The highest BCUT2D eigenvalue weighted by Gasteiger charge is 2.06. The van der Waals surface area contributed by atoms with Crippen LogP contribution in [0.25, 0.3) is 21.8 Å². The van der Waals surface area contributed by atoms with E-state index in [0.29, 0.717) is 5.69 Å². The van der Waals surface area contributed by atoms with E-state index in [9.17, 15) is 9.59 Å². The van der Waals surface area contributed by atoms with E-state index in [0.717, 1.165) is 30.8 Å². The van der Waals surface area contributed by atoms with Gasteiger partial charge < -0.3 is 15.1 Å². The minimum Gasteiger partial charge on any atom is -0.477 e. The van der Waals surface area contributed by atoms with Crippen LogP contribution in [0.1, 0.15) is 27.9 Å². The zero-order valence-corrected chi connectivity index (χ0v) is 16.8. The number of benzene rings is 2. The van der Waals surface area contributed by atoms with Gasteiger partial charge in [-0.2, -0.15) is 0 Å². The first kappa shape index (κ1) is 18.4. The first-order chi connectivity index (χ1) is 12.3. The number of carbonyl (C=O) groups excluding carboxylic acids is 1. The van der Waals surface area contributed by atoms with Crippen molar-refractivity contribution in [3.8, 4) is 0 Å². The molecule has 0 radical (unpaired) electrons. The van der Waals surface area contributed by atoms with Crippen LogP contribution in [0.2, 0.25) is 0 Å². The van der Waals surface area contributed by atoms with Gasteiger partial charge in [0.25, 0.3) is 0 Å². The smallest absolute Gasteiger partial charge is 0.352 e. The van der Waals surface area contributed by atoms with Crippen LogP contribution in [0, 0.1) is 0 Å². The molecule has 0 aliphatic carbocycles. The number of halogens is 2. The highest BCUT2D eigenvalue weighted by Crippen LogP contribution is 2.21. The van der Waals surface area contributed by atoms with Crippen molar-refractivity contribution in [2.75, 3.05) is 0 Å². The Hall–Kier alpha value is -2.38.